The average Bonchev–Trinajstić information content (AvgIpc) is 2.61. The average molecular weight is 373 g/mol. The van der Waals surface area contributed by atoms with E-state index >= 15 is 0 Å². The zero-order valence-corrected chi connectivity index (χ0v) is 15.0. The third-order valence-electron chi connectivity index (χ3n) is 3.26. The number of hydrogen-bond acceptors (Lipinski definition) is 4. The minimum atomic E-state index is 0.480. The molecule has 2 rings (SSSR count). The van der Waals surface area contributed by atoms with E-state index in [4.69, 9.17) is 42.1 Å². The van der Waals surface area contributed by atoms with Crippen molar-refractivity contribution < 1.29 is 18.9 Å². The van der Waals surface area contributed by atoms with Gasteiger partial charge in [-0.25, -0.2) is 0 Å². The van der Waals surface area contributed by atoms with Crippen molar-refractivity contribution in [2.75, 3.05) is 51.4 Å². The van der Waals surface area contributed by atoms with Crippen LogP contribution in [0.3, 0.4) is 0 Å². The SMILES string of the molecule is ClCCOCCOc1cccc2c(OCCOCCCl)cccc12. The molecule has 6 heteroatoms. The molecule has 0 saturated carbocycles. The smallest absolute Gasteiger partial charge is 0.127 e. The van der Waals surface area contributed by atoms with Crippen LogP contribution in [0.2, 0.25) is 0 Å². The zero-order chi connectivity index (χ0) is 17.0. The Hall–Kier alpha value is -1.20. The third kappa shape index (κ3) is 6.02. The summed E-state index contributed by atoms with van der Waals surface area (Å²) in [4.78, 5) is 0. The van der Waals surface area contributed by atoms with Crippen LogP contribution in [0.1, 0.15) is 0 Å². The Bertz CT molecular complexity index is 553. The second kappa shape index (κ2) is 11.4. The number of ether oxygens (including phenoxy) is 4. The lowest BCUT2D eigenvalue weighted by Crippen LogP contribution is -2.09. The first-order valence-corrected chi connectivity index (χ1v) is 8.98. The Morgan fingerprint density at radius 1 is 0.583 bits per heavy atom. The van der Waals surface area contributed by atoms with Crippen molar-refractivity contribution in [3.63, 3.8) is 0 Å². The van der Waals surface area contributed by atoms with E-state index in [9.17, 15) is 0 Å². The van der Waals surface area contributed by atoms with E-state index in [2.05, 4.69) is 0 Å². The number of hydrogen-bond donors (Lipinski definition) is 0. The molecule has 0 saturated heterocycles. The van der Waals surface area contributed by atoms with E-state index < -0.39 is 0 Å². The van der Waals surface area contributed by atoms with Crippen LogP contribution in [0, 0.1) is 0 Å². The number of fused-ring (bicyclic) bond motifs is 1. The van der Waals surface area contributed by atoms with E-state index in [1.165, 1.54) is 0 Å². The summed E-state index contributed by atoms with van der Waals surface area (Å²) in [5, 5.41) is 2.02. The van der Waals surface area contributed by atoms with E-state index in [-0.39, 0.29) is 0 Å². The molecular weight excluding hydrogens is 351 g/mol. The zero-order valence-electron chi connectivity index (χ0n) is 13.5. The largest absolute Gasteiger partial charge is 0.491 e. The molecule has 0 fully saturated rings. The Kier molecular flexibility index (Phi) is 9.06. The molecule has 4 nitrogen and oxygen atoms in total. The van der Waals surface area contributed by atoms with E-state index in [1.807, 2.05) is 36.4 Å². The molecule has 0 atom stereocenters. The van der Waals surface area contributed by atoms with Crippen LogP contribution in [-0.4, -0.2) is 51.4 Å². The van der Waals surface area contributed by atoms with Crippen LogP contribution in [0.25, 0.3) is 10.8 Å². The summed E-state index contributed by atoms with van der Waals surface area (Å²) < 4.78 is 22.3. The van der Waals surface area contributed by atoms with Gasteiger partial charge in [-0.1, -0.05) is 24.3 Å². The van der Waals surface area contributed by atoms with Gasteiger partial charge in [0.05, 0.1) is 26.4 Å². The van der Waals surface area contributed by atoms with Crippen molar-refractivity contribution in [3.05, 3.63) is 36.4 Å². The first kappa shape index (κ1) is 19.1. The maximum absolute atomic E-state index is 5.82. The van der Waals surface area contributed by atoms with Crippen molar-refractivity contribution >= 4 is 34.0 Å². The van der Waals surface area contributed by atoms with Gasteiger partial charge in [0, 0.05) is 22.5 Å². The molecule has 0 aromatic heterocycles. The third-order valence-corrected chi connectivity index (χ3v) is 3.56. The Balaban J connectivity index is 1.97. The van der Waals surface area contributed by atoms with Crippen LogP contribution >= 0.6 is 23.2 Å². The maximum atomic E-state index is 5.82. The predicted octanol–water partition coefficient (Wildman–Crippen LogP) is 4.11. The van der Waals surface area contributed by atoms with Gasteiger partial charge in [-0.2, -0.15) is 0 Å². The van der Waals surface area contributed by atoms with Crippen LogP contribution in [-0.2, 0) is 9.47 Å². The predicted molar refractivity (Wildman–Crippen MR) is 98.0 cm³/mol. The van der Waals surface area contributed by atoms with Crippen molar-refractivity contribution in [1.82, 2.24) is 0 Å². The number of alkyl halides is 2. The van der Waals surface area contributed by atoms with Gasteiger partial charge in [0.25, 0.3) is 0 Å². The lowest BCUT2D eigenvalue weighted by Gasteiger charge is -2.13. The van der Waals surface area contributed by atoms with Gasteiger partial charge in [0.1, 0.15) is 24.7 Å². The van der Waals surface area contributed by atoms with Crippen LogP contribution in [0.4, 0.5) is 0 Å². The van der Waals surface area contributed by atoms with E-state index in [0.717, 1.165) is 22.3 Å². The van der Waals surface area contributed by atoms with Gasteiger partial charge >= 0.3 is 0 Å². The summed E-state index contributed by atoms with van der Waals surface area (Å²) in [6, 6.07) is 11.8. The van der Waals surface area contributed by atoms with Crippen molar-refractivity contribution in [3.8, 4) is 11.5 Å². The molecule has 0 heterocycles. The van der Waals surface area contributed by atoms with E-state index in [0.29, 0.717) is 51.4 Å². The molecule has 2 aromatic rings. The summed E-state index contributed by atoms with van der Waals surface area (Å²) in [7, 11) is 0. The Labute approximate surface area is 152 Å². The molecular formula is C18H22Cl2O4. The Morgan fingerprint density at radius 2 is 1.04 bits per heavy atom. The van der Waals surface area contributed by atoms with Gasteiger partial charge in [-0.3, -0.25) is 0 Å². The lowest BCUT2D eigenvalue weighted by molar-refractivity contribution is 0.111. The highest BCUT2D eigenvalue weighted by Crippen LogP contribution is 2.32. The molecule has 0 spiro atoms. The topological polar surface area (TPSA) is 36.9 Å². The molecule has 0 unspecified atom stereocenters. The van der Waals surface area contributed by atoms with Crippen LogP contribution in [0.5, 0.6) is 11.5 Å². The first-order chi connectivity index (χ1) is 11.9. The Morgan fingerprint density at radius 3 is 1.46 bits per heavy atom. The summed E-state index contributed by atoms with van der Waals surface area (Å²) in [6.45, 7) is 3.05. The highest BCUT2D eigenvalue weighted by Gasteiger charge is 2.07. The molecule has 0 aliphatic heterocycles. The summed E-state index contributed by atoms with van der Waals surface area (Å²) in [6.07, 6.45) is 0. The van der Waals surface area contributed by atoms with Crippen molar-refractivity contribution in [1.29, 1.82) is 0 Å². The van der Waals surface area contributed by atoms with Gasteiger partial charge < -0.3 is 18.9 Å². The normalized spacial score (nSPS) is 10.9. The fraction of sp³-hybridized carbons (Fsp3) is 0.444. The fourth-order valence-electron chi connectivity index (χ4n) is 2.24. The minimum absolute atomic E-state index is 0.480. The highest BCUT2D eigenvalue weighted by molar-refractivity contribution is 6.18. The maximum Gasteiger partial charge on any atom is 0.127 e. The fourth-order valence-corrected chi connectivity index (χ4v) is 2.46. The van der Waals surface area contributed by atoms with Crippen LogP contribution < -0.4 is 9.47 Å². The molecule has 0 bridgehead atoms. The molecule has 0 amide bonds. The first-order valence-electron chi connectivity index (χ1n) is 7.91. The standard InChI is InChI=1S/C18H22Cl2O4/c19-7-9-21-11-13-23-17-5-1-3-15-16(17)4-2-6-18(15)24-14-12-22-10-8-20/h1-6H,7-14H2. The number of halogens is 2. The molecule has 0 N–H and O–H groups in total. The van der Waals surface area contributed by atoms with Gasteiger partial charge in [-0.05, 0) is 12.1 Å². The van der Waals surface area contributed by atoms with E-state index in [1.54, 1.807) is 0 Å². The van der Waals surface area contributed by atoms with Crippen LogP contribution in [0.15, 0.2) is 36.4 Å². The number of benzene rings is 2. The minimum Gasteiger partial charge on any atom is -0.491 e. The summed E-state index contributed by atoms with van der Waals surface area (Å²) >= 11 is 11.1. The summed E-state index contributed by atoms with van der Waals surface area (Å²) in [5.74, 6) is 2.60. The van der Waals surface area contributed by atoms with Gasteiger partial charge in [0.2, 0.25) is 0 Å². The van der Waals surface area contributed by atoms with Gasteiger partial charge in [0.15, 0.2) is 0 Å². The molecule has 0 radical (unpaired) electrons. The summed E-state index contributed by atoms with van der Waals surface area (Å²) in [5.41, 5.74) is 0. The molecule has 24 heavy (non-hydrogen) atoms. The second-order valence-electron chi connectivity index (χ2n) is 4.91. The highest BCUT2D eigenvalue weighted by atomic mass is 35.5. The number of rotatable bonds is 12. The lowest BCUT2D eigenvalue weighted by atomic mass is 10.1. The van der Waals surface area contributed by atoms with Gasteiger partial charge in [-0.15, -0.1) is 23.2 Å². The van der Waals surface area contributed by atoms with Crippen molar-refractivity contribution in [2.45, 2.75) is 0 Å². The van der Waals surface area contributed by atoms with Crippen molar-refractivity contribution in [2.24, 2.45) is 0 Å². The molecule has 2 aromatic carbocycles. The monoisotopic (exact) mass is 372 g/mol. The quantitative estimate of drug-likeness (QED) is 0.415. The second-order valence-corrected chi connectivity index (χ2v) is 5.66. The molecule has 132 valence electrons. The molecule has 0 aliphatic rings. The molecule has 0 aliphatic carbocycles.